The molecule has 5 nitrogen and oxygen atoms in total. The number of nitrogens with one attached hydrogen (secondary N) is 1. The molecule has 0 aliphatic carbocycles. The highest BCUT2D eigenvalue weighted by Crippen LogP contribution is 1.85. The van der Waals surface area contributed by atoms with Crippen LogP contribution >= 0.6 is 0 Å². The third-order valence-electron chi connectivity index (χ3n) is 2.34. The number of carbonyl (C=O) groups excluding carboxylic acids is 2. The van der Waals surface area contributed by atoms with Crippen molar-refractivity contribution in [2.75, 3.05) is 26.3 Å². The predicted molar refractivity (Wildman–Crippen MR) is 85.1 cm³/mol. The van der Waals surface area contributed by atoms with Gasteiger partial charge in [-0.1, -0.05) is 26.7 Å². The molecule has 0 rings (SSSR count). The van der Waals surface area contributed by atoms with Gasteiger partial charge in [-0.05, 0) is 39.8 Å². The number of ether oxygens (including phenoxy) is 2. The molecule has 0 amide bonds. The number of hydrogen-bond acceptors (Lipinski definition) is 5. The summed E-state index contributed by atoms with van der Waals surface area (Å²) in [5, 5.41) is 3.39. The quantitative estimate of drug-likeness (QED) is 0.382. The molecule has 0 aromatic rings. The molecule has 1 N–H and O–H groups in total. The first-order chi connectivity index (χ1) is 10.1. The summed E-state index contributed by atoms with van der Waals surface area (Å²) < 4.78 is 9.07. The van der Waals surface area contributed by atoms with Gasteiger partial charge in [0.15, 0.2) is 0 Å². The Morgan fingerprint density at radius 1 is 0.810 bits per heavy atom. The van der Waals surface area contributed by atoms with E-state index in [1.807, 2.05) is 0 Å². The van der Waals surface area contributed by atoms with Gasteiger partial charge in [-0.3, -0.25) is 0 Å². The van der Waals surface area contributed by atoms with E-state index in [0.29, 0.717) is 13.2 Å². The Morgan fingerprint density at radius 2 is 1.19 bits per heavy atom. The fraction of sp³-hybridized carbons (Fsp3) is 0.750. The Kier molecular flexibility index (Phi) is 19.5. The highest BCUT2D eigenvalue weighted by Gasteiger charge is 1.97. The Labute approximate surface area is 129 Å². The Bertz CT molecular complexity index is 251. The van der Waals surface area contributed by atoms with E-state index in [1.165, 1.54) is 38.8 Å². The second-order valence-electron chi connectivity index (χ2n) is 4.29. The van der Waals surface area contributed by atoms with Gasteiger partial charge in [-0.2, -0.15) is 0 Å². The Hall–Kier alpha value is -1.36. The van der Waals surface area contributed by atoms with E-state index in [0.717, 1.165) is 12.2 Å². The standard InChI is InChI=1S/C8H19N.C8H12O4/c1-3-5-7-9-8-6-4-2;1-3-11-7(9)5-6-8(10)12-4-2/h9H,3-8H2,1-2H3;5-6H,3-4H2,1-2H3. The van der Waals surface area contributed by atoms with E-state index < -0.39 is 11.9 Å². The van der Waals surface area contributed by atoms with Crippen LogP contribution in [0.25, 0.3) is 0 Å². The van der Waals surface area contributed by atoms with Crippen molar-refractivity contribution >= 4 is 11.9 Å². The normalized spacial score (nSPS) is 9.90. The van der Waals surface area contributed by atoms with Crippen LogP contribution < -0.4 is 5.32 Å². The number of rotatable bonds is 10. The second-order valence-corrected chi connectivity index (χ2v) is 4.29. The maximum atomic E-state index is 10.6. The van der Waals surface area contributed by atoms with Crippen LogP contribution in [-0.2, 0) is 19.1 Å². The van der Waals surface area contributed by atoms with E-state index in [9.17, 15) is 9.59 Å². The van der Waals surface area contributed by atoms with E-state index >= 15 is 0 Å². The van der Waals surface area contributed by atoms with Crippen LogP contribution in [0.4, 0.5) is 0 Å². The van der Waals surface area contributed by atoms with Crippen LogP contribution in [0.5, 0.6) is 0 Å². The molecule has 5 heteroatoms. The first-order valence-corrected chi connectivity index (χ1v) is 7.84. The maximum absolute atomic E-state index is 10.6. The summed E-state index contributed by atoms with van der Waals surface area (Å²) in [4.78, 5) is 21.3. The largest absolute Gasteiger partial charge is 0.463 e. The summed E-state index contributed by atoms with van der Waals surface area (Å²) in [5.74, 6) is -1.07. The molecule has 124 valence electrons. The lowest BCUT2D eigenvalue weighted by molar-refractivity contribution is -0.140. The van der Waals surface area contributed by atoms with Gasteiger partial charge in [0, 0.05) is 12.2 Å². The molecule has 0 saturated heterocycles. The highest BCUT2D eigenvalue weighted by atomic mass is 16.5. The van der Waals surface area contributed by atoms with Crippen molar-refractivity contribution in [3.63, 3.8) is 0 Å². The molecule has 0 spiro atoms. The topological polar surface area (TPSA) is 64.6 Å². The van der Waals surface area contributed by atoms with Gasteiger partial charge in [0.1, 0.15) is 0 Å². The van der Waals surface area contributed by atoms with Crippen LogP contribution in [0, 0.1) is 0 Å². The van der Waals surface area contributed by atoms with Crippen molar-refractivity contribution in [1.82, 2.24) is 5.32 Å². The molecule has 0 aromatic carbocycles. The van der Waals surface area contributed by atoms with E-state index in [-0.39, 0.29) is 0 Å². The van der Waals surface area contributed by atoms with Gasteiger partial charge < -0.3 is 14.8 Å². The van der Waals surface area contributed by atoms with Crippen molar-refractivity contribution in [3.8, 4) is 0 Å². The van der Waals surface area contributed by atoms with E-state index in [1.54, 1.807) is 13.8 Å². The minimum atomic E-state index is -0.537. The summed E-state index contributed by atoms with van der Waals surface area (Å²) in [7, 11) is 0. The van der Waals surface area contributed by atoms with Crippen LogP contribution in [0.2, 0.25) is 0 Å². The summed E-state index contributed by atoms with van der Waals surface area (Å²) in [5.41, 5.74) is 0. The summed E-state index contributed by atoms with van der Waals surface area (Å²) in [6, 6.07) is 0. The fourth-order valence-electron chi connectivity index (χ4n) is 1.25. The van der Waals surface area contributed by atoms with Gasteiger partial charge in [-0.25, -0.2) is 9.59 Å². The summed E-state index contributed by atoms with van der Waals surface area (Å²) in [6.07, 6.45) is 7.34. The van der Waals surface area contributed by atoms with Crippen LogP contribution in [0.1, 0.15) is 53.4 Å². The number of hydrogen-bond donors (Lipinski definition) is 1. The SMILES string of the molecule is CCCCNCCCC.CCOC(=O)C=CC(=O)OCC. The zero-order valence-electron chi connectivity index (χ0n) is 13.9. The van der Waals surface area contributed by atoms with E-state index in [2.05, 4.69) is 28.6 Å². The molecule has 0 radical (unpaired) electrons. The van der Waals surface area contributed by atoms with Gasteiger partial charge >= 0.3 is 11.9 Å². The smallest absolute Gasteiger partial charge is 0.330 e. The van der Waals surface area contributed by atoms with Crippen LogP contribution in [0.3, 0.4) is 0 Å². The van der Waals surface area contributed by atoms with Gasteiger partial charge in [0.05, 0.1) is 13.2 Å². The molecule has 0 heterocycles. The van der Waals surface area contributed by atoms with Crippen LogP contribution in [-0.4, -0.2) is 38.2 Å². The zero-order chi connectivity index (χ0) is 16.3. The van der Waals surface area contributed by atoms with Crippen molar-refractivity contribution in [2.45, 2.75) is 53.4 Å². The van der Waals surface area contributed by atoms with Crippen molar-refractivity contribution in [3.05, 3.63) is 12.2 Å². The zero-order valence-corrected chi connectivity index (χ0v) is 13.9. The third-order valence-corrected chi connectivity index (χ3v) is 2.34. The molecule has 0 saturated carbocycles. The predicted octanol–water partition coefficient (Wildman–Crippen LogP) is 2.85. The van der Waals surface area contributed by atoms with Crippen molar-refractivity contribution < 1.29 is 19.1 Å². The average molecular weight is 301 g/mol. The van der Waals surface area contributed by atoms with E-state index in [4.69, 9.17) is 0 Å². The number of unbranched alkanes of at least 4 members (excludes halogenated alkanes) is 2. The lowest BCUT2D eigenvalue weighted by Crippen LogP contribution is -2.15. The molecular formula is C16H31NO4. The second kappa shape index (κ2) is 18.6. The van der Waals surface area contributed by atoms with Gasteiger partial charge in [0.2, 0.25) is 0 Å². The van der Waals surface area contributed by atoms with Gasteiger partial charge in [-0.15, -0.1) is 0 Å². The molecule has 0 fully saturated rings. The Balaban J connectivity index is 0. The molecule has 0 atom stereocenters. The maximum Gasteiger partial charge on any atom is 0.330 e. The molecule has 21 heavy (non-hydrogen) atoms. The molecule has 0 bridgehead atoms. The first kappa shape index (κ1) is 21.9. The minimum absolute atomic E-state index is 0.298. The van der Waals surface area contributed by atoms with Crippen LogP contribution in [0.15, 0.2) is 12.2 Å². The third kappa shape index (κ3) is 21.1. The monoisotopic (exact) mass is 301 g/mol. The van der Waals surface area contributed by atoms with Crippen molar-refractivity contribution in [2.24, 2.45) is 0 Å². The molecule has 0 aromatic heterocycles. The lowest BCUT2D eigenvalue weighted by atomic mass is 10.3. The number of esters is 2. The molecular weight excluding hydrogens is 270 g/mol. The first-order valence-electron chi connectivity index (χ1n) is 7.84. The molecule has 0 aliphatic heterocycles. The van der Waals surface area contributed by atoms with Crippen molar-refractivity contribution in [1.29, 1.82) is 0 Å². The lowest BCUT2D eigenvalue weighted by Gasteiger charge is -1.99. The number of carbonyl (C=O) groups is 2. The highest BCUT2D eigenvalue weighted by molar-refractivity contribution is 5.91. The molecule has 0 aliphatic rings. The van der Waals surface area contributed by atoms with Gasteiger partial charge in [0.25, 0.3) is 0 Å². The fourth-order valence-corrected chi connectivity index (χ4v) is 1.25. The minimum Gasteiger partial charge on any atom is -0.463 e. The summed E-state index contributed by atoms with van der Waals surface area (Å²) in [6.45, 7) is 10.8. The average Bonchev–Trinajstić information content (AvgIpc) is 2.46. The Morgan fingerprint density at radius 3 is 1.48 bits per heavy atom. The molecule has 0 unspecified atom stereocenters. The summed E-state index contributed by atoms with van der Waals surface area (Å²) >= 11 is 0.